The van der Waals surface area contributed by atoms with Gasteiger partial charge in [0.2, 0.25) is 0 Å². The molecule has 0 rings (SSSR count). The fourth-order valence-corrected chi connectivity index (χ4v) is 6.99. The summed E-state index contributed by atoms with van der Waals surface area (Å²) < 4.78 is 34.3. The number of quaternary nitrogens is 1. The van der Waals surface area contributed by atoms with Gasteiger partial charge in [0.15, 0.2) is 6.10 Å². The summed E-state index contributed by atoms with van der Waals surface area (Å²) in [5.41, 5.74) is 0. The molecule has 0 heterocycles. The second-order valence-corrected chi connectivity index (χ2v) is 17.9. The average Bonchev–Trinajstić information content (AvgIpc) is 3.12. The average molecular weight is 789 g/mol. The lowest BCUT2D eigenvalue weighted by Gasteiger charge is -2.24. The van der Waals surface area contributed by atoms with Crippen LogP contribution in [0.1, 0.15) is 206 Å². The number of carbonyl (C=O) groups excluding carboxylic acids is 2. The van der Waals surface area contributed by atoms with Crippen LogP contribution < -0.4 is 0 Å². The lowest BCUT2D eigenvalue weighted by Crippen LogP contribution is -2.37. The van der Waals surface area contributed by atoms with Gasteiger partial charge in [0.25, 0.3) is 0 Å². The Labute approximate surface area is 333 Å². The van der Waals surface area contributed by atoms with Crippen LogP contribution in [0, 0.1) is 0 Å². The van der Waals surface area contributed by atoms with Crippen LogP contribution in [0.5, 0.6) is 0 Å². The SMILES string of the molecule is CCCCCC/C=C\CCCCCCCC(=O)OC(COC(=O)CCCCCCCCCCCCCCCCCCC)COP(=O)(O)OCC[N+](C)(C)C. The molecule has 0 fully saturated rings. The van der Waals surface area contributed by atoms with Gasteiger partial charge in [-0.3, -0.25) is 18.6 Å². The number of allylic oxidation sites excluding steroid dienone is 2. The van der Waals surface area contributed by atoms with Gasteiger partial charge < -0.3 is 18.9 Å². The first-order valence-electron chi connectivity index (χ1n) is 22.4. The largest absolute Gasteiger partial charge is 0.472 e. The van der Waals surface area contributed by atoms with Gasteiger partial charge >= 0.3 is 19.8 Å². The molecule has 0 aliphatic carbocycles. The van der Waals surface area contributed by atoms with Crippen LogP contribution in [0.3, 0.4) is 0 Å². The van der Waals surface area contributed by atoms with Gasteiger partial charge in [-0.05, 0) is 38.5 Å². The predicted molar refractivity (Wildman–Crippen MR) is 224 cm³/mol. The molecule has 2 atom stereocenters. The Morgan fingerprint density at radius 3 is 1.39 bits per heavy atom. The number of phosphoric ester groups is 1. The molecule has 0 aromatic heterocycles. The highest BCUT2D eigenvalue weighted by atomic mass is 31.2. The molecule has 9 nitrogen and oxygen atoms in total. The van der Waals surface area contributed by atoms with Crippen molar-refractivity contribution in [3.8, 4) is 0 Å². The summed E-state index contributed by atoms with van der Waals surface area (Å²) in [5.74, 6) is -0.799. The summed E-state index contributed by atoms with van der Waals surface area (Å²) in [6.07, 6.45) is 38.2. The normalized spacial score (nSPS) is 13.7. The van der Waals surface area contributed by atoms with E-state index in [2.05, 4.69) is 26.0 Å². The molecule has 0 amide bonds. The van der Waals surface area contributed by atoms with Crippen molar-refractivity contribution in [1.82, 2.24) is 0 Å². The van der Waals surface area contributed by atoms with E-state index in [9.17, 15) is 19.0 Å². The molecule has 10 heteroatoms. The summed E-state index contributed by atoms with van der Waals surface area (Å²) in [7, 11) is 1.48. The summed E-state index contributed by atoms with van der Waals surface area (Å²) in [6.45, 7) is 4.42. The van der Waals surface area contributed by atoms with Gasteiger partial charge in [0.1, 0.15) is 19.8 Å². The fourth-order valence-electron chi connectivity index (χ4n) is 6.24. The molecule has 1 N–H and O–H groups in total. The summed E-state index contributed by atoms with van der Waals surface area (Å²) in [5, 5.41) is 0. The number of nitrogens with zero attached hydrogens (tertiary/aromatic N) is 1. The van der Waals surface area contributed by atoms with E-state index in [-0.39, 0.29) is 25.6 Å². The van der Waals surface area contributed by atoms with Crippen LogP contribution in [0.15, 0.2) is 12.2 Å². The Morgan fingerprint density at radius 2 is 0.944 bits per heavy atom. The Bertz CT molecular complexity index is 938. The zero-order valence-electron chi connectivity index (χ0n) is 36.0. The first kappa shape index (κ1) is 52.8. The van der Waals surface area contributed by atoms with Crippen LogP contribution in [0.2, 0.25) is 0 Å². The van der Waals surface area contributed by atoms with Gasteiger partial charge in [0, 0.05) is 12.8 Å². The van der Waals surface area contributed by atoms with E-state index in [0.29, 0.717) is 23.9 Å². The molecular formula is C44H87NO8P+. The summed E-state index contributed by atoms with van der Waals surface area (Å²) in [4.78, 5) is 35.3. The smallest absolute Gasteiger partial charge is 0.462 e. The monoisotopic (exact) mass is 789 g/mol. The Kier molecular flexibility index (Phi) is 36.5. The van der Waals surface area contributed by atoms with Gasteiger partial charge in [-0.25, -0.2) is 4.57 Å². The third-order valence-corrected chi connectivity index (χ3v) is 10.8. The molecular weight excluding hydrogens is 701 g/mol. The third kappa shape index (κ3) is 40.4. The molecule has 0 radical (unpaired) electrons. The van der Waals surface area contributed by atoms with Crippen molar-refractivity contribution < 1.29 is 42.1 Å². The standard InChI is InChI=1S/C44H86NO8P/c1-6-8-10-12-14-16-18-20-21-22-23-25-26-28-30-32-34-36-43(46)50-40-42(41-52-54(48,49)51-39-38-45(3,4)5)53-44(47)37-35-33-31-29-27-24-19-17-15-13-11-9-7-2/h17,19,42H,6-16,18,20-41H2,1-5H3/p+1/b19-17-. The molecule has 2 unspecified atom stereocenters. The summed E-state index contributed by atoms with van der Waals surface area (Å²) >= 11 is 0. The van der Waals surface area contributed by atoms with Crippen LogP contribution in [0.25, 0.3) is 0 Å². The molecule has 0 saturated carbocycles. The number of rotatable bonds is 41. The van der Waals surface area contributed by atoms with Crippen molar-refractivity contribution in [2.45, 2.75) is 213 Å². The summed E-state index contributed by atoms with van der Waals surface area (Å²) in [6, 6.07) is 0. The molecule has 0 spiro atoms. The Morgan fingerprint density at radius 1 is 0.556 bits per heavy atom. The molecule has 0 aromatic rings. The van der Waals surface area contributed by atoms with E-state index >= 15 is 0 Å². The minimum Gasteiger partial charge on any atom is -0.462 e. The molecule has 0 saturated heterocycles. The Hall–Kier alpha value is -1.25. The highest BCUT2D eigenvalue weighted by Gasteiger charge is 2.27. The molecule has 0 aromatic carbocycles. The van der Waals surface area contributed by atoms with E-state index < -0.39 is 26.5 Å². The Balaban J connectivity index is 4.31. The number of likely N-dealkylation sites (N-methyl/N-ethyl adjacent to an activating group) is 1. The zero-order valence-corrected chi connectivity index (χ0v) is 36.9. The number of hydrogen-bond acceptors (Lipinski definition) is 7. The van der Waals surface area contributed by atoms with Crippen molar-refractivity contribution in [1.29, 1.82) is 0 Å². The van der Waals surface area contributed by atoms with Crippen molar-refractivity contribution in [3.05, 3.63) is 12.2 Å². The van der Waals surface area contributed by atoms with Gasteiger partial charge in [-0.2, -0.15) is 0 Å². The van der Waals surface area contributed by atoms with Gasteiger partial charge in [-0.15, -0.1) is 0 Å². The number of ether oxygens (including phenoxy) is 2. The van der Waals surface area contributed by atoms with Crippen LogP contribution in [-0.4, -0.2) is 74.9 Å². The highest BCUT2D eigenvalue weighted by molar-refractivity contribution is 7.47. The van der Waals surface area contributed by atoms with E-state index in [1.54, 1.807) is 0 Å². The quantitative estimate of drug-likeness (QED) is 0.0214. The van der Waals surface area contributed by atoms with Crippen molar-refractivity contribution >= 4 is 19.8 Å². The molecule has 54 heavy (non-hydrogen) atoms. The first-order valence-corrected chi connectivity index (χ1v) is 23.9. The van der Waals surface area contributed by atoms with E-state index in [0.717, 1.165) is 51.4 Å². The maximum atomic E-state index is 12.7. The van der Waals surface area contributed by atoms with Crippen LogP contribution in [-0.2, 0) is 32.7 Å². The minimum absolute atomic E-state index is 0.0331. The minimum atomic E-state index is -4.37. The van der Waals surface area contributed by atoms with Crippen molar-refractivity contribution in [2.75, 3.05) is 47.5 Å². The van der Waals surface area contributed by atoms with Crippen LogP contribution >= 0.6 is 7.82 Å². The van der Waals surface area contributed by atoms with E-state index in [1.807, 2.05) is 21.1 Å². The van der Waals surface area contributed by atoms with Crippen molar-refractivity contribution in [2.24, 2.45) is 0 Å². The first-order chi connectivity index (χ1) is 26.0. The maximum Gasteiger partial charge on any atom is 0.472 e. The van der Waals surface area contributed by atoms with Gasteiger partial charge in [0.05, 0.1) is 27.7 Å². The van der Waals surface area contributed by atoms with Crippen molar-refractivity contribution in [3.63, 3.8) is 0 Å². The number of hydrogen-bond donors (Lipinski definition) is 1. The number of phosphoric acid groups is 1. The van der Waals surface area contributed by atoms with Crippen LogP contribution in [0.4, 0.5) is 0 Å². The lowest BCUT2D eigenvalue weighted by atomic mass is 10.0. The molecule has 0 aliphatic heterocycles. The molecule has 320 valence electrons. The number of unbranched alkanes of at least 4 members (excludes halogenated alkanes) is 25. The predicted octanol–water partition coefficient (Wildman–Crippen LogP) is 12.6. The maximum absolute atomic E-state index is 12.7. The molecule has 0 aliphatic rings. The molecule has 0 bridgehead atoms. The van der Waals surface area contributed by atoms with E-state index in [1.165, 1.54) is 122 Å². The topological polar surface area (TPSA) is 108 Å². The number of carbonyl (C=O) groups is 2. The number of esters is 2. The third-order valence-electron chi connectivity index (χ3n) is 9.80. The zero-order chi connectivity index (χ0) is 40.0. The van der Waals surface area contributed by atoms with E-state index in [4.69, 9.17) is 18.5 Å². The van der Waals surface area contributed by atoms with Gasteiger partial charge in [-0.1, -0.05) is 167 Å². The lowest BCUT2D eigenvalue weighted by molar-refractivity contribution is -0.870. The fraction of sp³-hybridized carbons (Fsp3) is 0.909. The highest BCUT2D eigenvalue weighted by Crippen LogP contribution is 2.43. The second-order valence-electron chi connectivity index (χ2n) is 16.4. The second kappa shape index (κ2) is 37.3.